The summed E-state index contributed by atoms with van der Waals surface area (Å²) in [4.78, 5) is 24.6. The Kier molecular flexibility index (Phi) is 3.59. The number of benzene rings is 1. The van der Waals surface area contributed by atoms with Crippen LogP contribution in [0.5, 0.6) is 5.75 Å². The van der Waals surface area contributed by atoms with Crippen LogP contribution in [0.1, 0.15) is 5.56 Å². The van der Waals surface area contributed by atoms with Crippen LogP contribution in [0.4, 0.5) is 10.5 Å². The van der Waals surface area contributed by atoms with Crippen LogP contribution in [0.25, 0.3) is 0 Å². The van der Waals surface area contributed by atoms with Crippen molar-refractivity contribution < 1.29 is 19.1 Å². The van der Waals surface area contributed by atoms with E-state index in [4.69, 9.17) is 9.47 Å². The Hall–Kier alpha value is -2.24. The largest absolute Gasteiger partial charge is 0.495 e. The van der Waals surface area contributed by atoms with Crippen LogP contribution in [0.3, 0.4) is 0 Å². The van der Waals surface area contributed by atoms with E-state index in [9.17, 15) is 9.59 Å². The third kappa shape index (κ3) is 2.62. The first-order valence-corrected chi connectivity index (χ1v) is 5.88. The van der Waals surface area contributed by atoms with E-state index in [1.165, 1.54) is 19.1 Å². The molecule has 102 valence electrons. The van der Waals surface area contributed by atoms with Gasteiger partial charge < -0.3 is 14.8 Å². The molecule has 1 unspecified atom stereocenters. The third-order valence-electron chi connectivity index (χ3n) is 3.04. The number of hydrogen-bond acceptors (Lipinski definition) is 4. The first-order valence-electron chi connectivity index (χ1n) is 5.88. The van der Waals surface area contributed by atoms with Gasteiger partial charge in [0, 0.05) is 7.05 Å². The Bertz CT molecular complexity index is 515. The maximum absolute atomic E-state index is 12.1. The summed E-state index contributed by atoms with van der Waals surface area (Å²) in [6.45, 7) is 1.98. The molecule has 19 heavy (non-hydrogen) atoms. The fourth-order valence-corrected chi connectivity index (χ4v) is 1.88. The second-order valence-corrected chi connectivity index (χ2v) is 4.40. The molecule has 0 spiro atoms. The number of nitrogens with zero attached hydrogens (tertiary/aromatic N) is 1. The summed E-state index contributed by atoms with van der Waals surface area (Å²) < 4.78 is 10.00. The van der Waals surface area contributed by atoms with Crippen molar-refractivity contribution in [1.82, 2.24) is 4.90 Å². The normalized spacial score (nSPS) is 18.2. The van der Waals surface area contributed by atoms with E-state index in [0.29, 0.717) is 11.4 Å². The van der Waals surface area contributed by atoms with Crippen molar-refractivity contribution in [3.63, 3.8) is 0 Å². The van der Waals surface area contributed by atoms with Crippen LogP contribution in [0.2, 0.25) is 0 Å². The van der Waals surface area contributed by atoms with Gasteiger partial charge in [0.05, 0.1) is 12.8 Å². The van der Waals surface area contributed by atoms with E-state index >= 15 is 0 Å². The zero-order valence-electron chi connectivity index (χ0n) is 11.1. The van der Waals surface area contributed by atoms with Crippen LogP contribution in [-0.4, -0.2) is 43.7 Å². The third-order valence-corrected chi connectivity index (χ3v) is 3.04. The SMILES string of the molecule is COc1ccc(C)cc1NC(=O)C1COC(=O)N1C. The van der Waals surface area contributed by atoms with E-state index in [0.717, 1.165) is 5.56 Å². The number of ether oxygens (including phenoxy) is 2. The zero-order chi connectivity index (χ0) is 14.0. The van der Waals surface area contributed by atoms with Gasteiger partial charge in [-0.05, 0) is 24.6 Å². The van der Waals surface area contributed by atoms with Crippen LogP contribution in [0, 0.1) is 6.92 Å². The molecule has 6 nitrogen and oxygen atoms in total. The van der Waals surface area contributed by atoms with Crippen LogP contribution in [0.15, 0.2) is 18.2 Å². The van der Waals surface area contributed by atoms with Crippen molar-refractivity contribution in [2.24, 2.45) is 0 Å². The van der Waals surface area contributed by atoms with Crippen molar-refractivity contribution >= 4 is 17.7 Å². The van der Waals surface area contributed by atoms with Gasteiger partial charge in [-0.1, -0.05) is 6.07 Å². The second-order valence-electron chi connectivity index (χ2n) is 4.40. The minimum Gasteiger partial charge on any atom is -0.495 e. The number of nitrogens with one attached hydrogen (secondary N) is 1. The molecular formula is C13H16N2O4. The molecule has 6 heteroatoms. The lowest BCUT2D eigenvalue weighted by atomic mass is 10.2. The predicted octanol–water partition coefficient (Wildman–Crippen LogP) is 1.39. The molecule has 0 aromatic heterocycles. The summed E-state index contributed by atoms with van der Waals surface area (Å²) in [7, 11) is 3.07. The number of carbonyl (C=O) groups excluding carboxylic acids is 2. The van der Waals surface area contributed by atoms with Gasteiger partial charge >= 0.3 is 6.09 Å². The van der Waals surface area contributed by atoms with Crippen LogP contribution >= 0.6 is 0 Å². The summed E-state index contributed by atoms with van der Waals surface area (Å²) in [5.41, 5.74) is 1.59. The molecule has 1 aliphatic rings. The van der Waals surface area contributed by atoms with Crippen molar-refractivity contribution in [2.75, 3.05) is 26.1 Å². The average Bonchev–Trinajstić information content (AvgIpc) is 2.70. The molecule has 1 aliphatic heterocycles. The molecule has 0 aliphatic carbocycles. The van der Waals surface area contributed by atoms with Gasteiger partial charge in [-0.3, -0.25) is 9.69 Å². The summed E-state index contributed by atoms with van der Waals surface area (Å²) >= 11 is 0. The highest BCUT2D eigenvalue weighted by molar-refractivity contribution is 5.98. The quantitative estimate of drug-likeness (QED) is 0.895. The standard InChI is InChI=1S/C13H16N2O4/c1-8-4-5-11(18-3)9(6-8)14-12(16)10-7-19-13(17)15(10)2/h4-6,10H,7H2,1-3H3,(H,14,16). The zero-order valence-corrected chi connectivity index (χ0v) is 11.1. The lowest BCUT2D eigenvalue weighted by Crippen LogP contribution is -2.40. The Morgan fingerprint density at radius 2 is 2.26 bits per heavy atom. The molecule has 1 aromatic carbocycles. The second kappa shape index (κ2) is 5.17. The van der Waals surface area contributed by atoms with Gasteiger partial charge in [0.2, 0.25) is 0 Å². The highest BCUT2D eigenvalue weighted by atomic mass is 16.6. The molecule has 1 N–H and O–H groups in total. The van der Waals surface area contributed by atoms with Crippen molar-refractivity contribution in [1.29, 1.82) is 0 Å². The number of aryl methyl sites for hydroxylation is 1. The van der Waals surface area contributed by atoms with Crippen molar-refractivity contribution in [2.45, 2.75) is 13.0 Å². The van der Waals surface area contributed by atoms with Crippen LogP contribution < -0.4 is 10.1 Å². The molecule has 1 saturated heterocycles. The highest BCUT2D eigenvalue weighted by Gasteiger charge is 2.35. The number of likely N-dealkylation sites (N-methyl/N-ethyl adjacent to an activating group) is 1. The van der Waals surface area contributed by atoms with E-state index in [1.807, 2.05) is 19.1 Å². The van der Waals surface area contributed by atoms with Crippen LogP contribution in [-0.2, 0) is 9.53 Å². The molecular weight excluding hydrogens is 248 g/mol. The van der Waals surface area contributed by atoms with Gasteiger partial charge in [-0.25, -0.2) is 4.79 Å². The summed E-state index contributed by atoms with van der Waals surface area (Å²) in [5.74, 6) is 0.282. The molecule has 0 bridgehead atoms. The Morgan fingerprint density at radius 3 is 2.84 bits per heavy atom. The van der Waals surface area contributed by atoms with Gasteiger partial charge in [0.1, 0.15) is 18.4 Å². The number of rotatable bonds is 3. The molecule has 1 fully saturated rings. The first kappa shape index (κ1) is 13.2. The molecule has 0 radical (unpaired) electrons. The monoisotopic (exact) mass is 264 g/mol. The van der Waals surface area contributed by atoms with Crippen molar-refractivity contribution in [3.05, 3.63) is 23.8 Å². The number of anilines is 1. The Labute approximate surface area is 111 Å². The van der Waals surface area contributed by atoms with E-state index in [1.54, 1.807) is 6.07 Å². The lowest BCUT2D eigenvalue weighted by Gasteiger charge is -2.17. The molecule has 0 saturated carbocycles. The number of cyclic esters (lactones) is 1. The lowest BCUT2D eigenvalue weighted by molar-refractivity contribution is -0.119. The molecule has 2 rings (SSSR count). The Morgan fingerprint density at radius 1 is 1.53 bits per heavy atom. The number of hydrogen-bond donors (Lipinski definition) is 1. The number of amides is 2. The fraction of sp³-hybridized carbons (Fsp3) is 0.385. The van der Waals surface area contributed by atoms with E-state index in [-0.39, 0.29) is 12.5 Å². The topological polar surface area (TPSA) is 67.9 Å². The number of methoxy groups -OCH3 is 1. The molecule has 1 heterocycles. The minimum atomic E-state index is -0.613. The minimum absolute atomic E-state index is 0.0648. The smallest absolute Gasteiger partial charge is 0.410 e. The highest BCUT2D eigenvalue weighted by Crippen LogP contribution is 2.26. The van der Waals surface area contributed by atoms with Gasteiger partial charge in [0.25, 0.3) is 5.91 Å². The molecule has 2 amide bonds. The first-order chi connectivity index (χ1) is 9.02. The number of carbonyl (C=O) groups is 2. The fourth-order valence-electron chi connectivity index (χ4n) is 1.88. The van der Waals surface area contributed by atoms with Crippen molar-refractivity contribution in [3.8, 4) is 5.75 Å². The molecule has 1 aromatic rings. The average molecular weight is 264 g/mol. The maximum atomic E-state index is 12.1. The summed E-state index contributed by atoms with van der Waals surface area (Å²) in [5, 5.41) is 2.76. The van der Waals surface area contributed by atoms with Gasteiger partial charge in [-0.15, -0.1) is 0 Å². The predicted molar refractivity (Wildman–Crippen MR) is 69.3 cm³/mol. The van der Waals surface area contributed by atoms with E-state index < -0.39 is 12.1 Å². The maximum Gasteiger partial charge on any atom is 0.410 e. The van der Waals surface area contributed by atoms with E-state index in [2.05, 4.69) is 5.32 Å². The summed E-state index contributed by atoms with van der Waals surface area (Å²) in [6.07, 6.45) is -0.489. The Balaban J connectivity index is 2.15. The molecule has 1 atom stereocenters. The van der Waals surface area contributed by atoms with Gasteiger partial charge in [0.15, 0.2) is 0 Å². The summed E-state index contributed by atoms with van der Waals surface area (Å²) in [6, 6.07) is 4.88. The van der Waals surface area contributed by atoms with Gasteiger partial charge in [-0.2, -0.15) is 0 Å².